The number of amides is 1. The standard InChI is InChI=1S/C17H25N3O4S/c1-18(14-6-11-25(23,24)13-14)17(22)12-19-7-9-20(10-8-19)15-4-2-3-5-16(15)21/h2-5,14,21H,6-13H2,1H3/t14-/m1/s1. The molecule has 0 unspecified atom stereocenters. The van der Waals surface area contributed by atoms with Crippen LogP contribution in [-0.2, 0) is 14.6 Å². The zero-order chi connectivity index (χ0) is 18.0. The van der Waals surface area contributed by atoms with Crippen LogP contribution in [0.1, 0.15) is 6.42 Å². The molecule has 25 heavy (non-hydrogen) atoms. The Balaban J connectivity index is 1.50. The molecule has 1 amide bonds. The van der Waals surface area contributed by atoms with E-state index in [0.29, 0.717) is 13.0 Å². The molecule has 0 saturated carbocycles. The quantitative estimate of drug-likeness (QED) is 0.817. The number of carbonyl (C=O) groups excluding carboxylic acids is 1. The second-order valence-electron chi connectivity index (χ2n) is 6.81. The first-order valence-corrected chi connectivity index (χ1v) is 10.4. The summed E-state index contributed by atoms with van der Waals surface area (Å²) in [5, 5.41) is 9.95. The Morgan fingerprint density at radius 2 is 1.92 bits per heavy atom. The fourth-order valence-corrected chi connectivity index (χ4v) is 5.24. The lowest BCUT2D eigenvalue weighted by Crippen LogP contribution is -2.51. The largest absolute Gasteiger partial charge is 0.506 e. The summed E-state index contributed by atoms with van der Waals surface area (Å²) in [6, 6.07) is 7.07. The topological polar surface area (TPSA) is 81.2 Å². The number of aromatic hydroxyl groups is 1. The van der Waals surface area contributed by atoms with Crippen LogP contribution in [-0.4, -0.2) is 86.6 Å². The van der Waals surface area contributed by atoms with Gasteiger partial charge in [-0.15, -0.1) is 0 Å². The average Bonchev–Trinajstić information content (AvgIpc) is 2.95. The molecule has 0 radical (unpaired) electrons. The maximum Gasteiger partial charge on any atom is 0.236 e. The molecule has 2 fully saturated rings. The summed E-state index contributed by atoms with van der Waals surface area (Å²) >= 11 is 0. The number of hydrogen-bond donors (Lipinski definition) is 1. The summed E-state index contributed by atoms with van der Waals surface area (Å²) in [5.74, 6) is 0.498. The van der Waals surface area contributed by atoms with E-state index in [-0.39, 0.29) is 29.2 Å². The van der Waals surface area contributed by atoms with Crippen molar-refractivity contribution in [1.29, 1.82) is 0 Å². The number of nitrogens with zero attached hydrogens (tertiary/aromatic N) is 3. The van der Waals surface area contributed by atoms with Crippen molar-refractivity contribution >= 4 is 21.4 Å². The third-order valence-corrected chi connectivity index (χ3v) is 6.85. The van der Waals surface area contributed by atoms with E-state index in [1.807, 2.05) is 12.1 Å². The first-order valence-electron chi connectivity index (χ1n) is 8.57. The minimum absolute atomic E-state index is 0.0295. The van der Waals surface area contributed by atoms with Crippen LogP contribution in [0.25, 0.3) is 0 Å². The van der Waals surface area contributed by atoms with Crippen molar-refractivity contribution in [3.05, 3.63) is 24.3 Å². The number of sulfone groups is 1. The summed E-state index contributed by atoms with van der Waals surface area (Å²) in [6.45, 7) is 3.26. The maximum absolute atomic E-state index is 12.5. The molecule has 0 bridgehead atoms. The molecular formula is C17H25N3O4S. The van der Waals surface area contributed by atoms with Gasteiger partial charge in [-0.3, -0.25) is 9.69 Å². The summed E-state index contributed by atoms with van der Waals surface area (Å²) in [6.07, 6.45) is 0.533. The molecular weight excluding hydrogens is 342 g/mol. The molecule has 2 aliphatic heterocycles. The molecule has 138 valence electrons. The Morgan fingerprint density at radius 1 is 1.24 bits per heavy atom. The highest BCUT2D eigenvalue weighted by atomic mass is 32.2. The normalized spacial score (nSPS) is 23.6. The second-order valence-corrected chi connectivity index (χ2v) is 9.04. The van der Waals surface area contributed by atoms with Gasteiger partial charge in [0.2, 0.25) is 5.91 Å². The van der Waals surface area contributed by atoms with Crippen LogP contribution in [0.2, 0.25) is 0 Å². The third kappa shape index (κ3) is 4.24. The number of piperazine rings is 1. The number of para-hydroxylation sites is 2. The predicted octanol–water partition coefficient (Wildman–Crippen LogP) is 0.160. The van der Waals surface area contributed by atoms with Gasteiger partial charge in [-0.2, -0.15) is 0 Å². The number of phenolic OH excluding ortho intramolecular Hbond substituents is 1. The predicted molar refractivity (Wildman–Crippen MR) is 96.6 cm³/mol. The molecule has 1 N–H and O–H groups in total. The smallest absolute Gasteiger partial charge is 0.236 e. The van der Waals surface area contributed by atoms with Gasteiger partial charge in [-0.25, -0.2) is 8.42 Å². The summed E-state index contributed by atoms with van der Waals surface area (Å²) in [7, 11) is -1.29. The molecule has 0 aliphatic carbocycles. The SMILES string of the molecule is CN(C(=O)CN1CCN(c2ccccc2O)CC1)[C@@H]1CCS(=O)(=O)C1. The number of rotatable bonds is 4. The van der Waals surface area contributed by atoms with Gasteiger partial charge in [0.05, 0.1) is 23.7 Å². The Kier molecular flexibility index (Phi) is 5.19. The van der Waals surface area contributed by atoms with Crippen molar-refractivity contribution < 1.29 is 18.3 Å². The van der Waals surface area contributed by atoms with Crippen molar-refractivity contribution in [2.75, 3.05) is 56.2 Å². The summed E-state index contributed by atoms with van der Waals surface area (Å²) in [4.78, 5) is 18.2. The lowest BCUT2D eigenvalue weighted by atomic mass is 10.2. The van der Waals surface area contributed by atoms with E-state index in [9.17, 15) is 18.3 Å². The number of phenols is 1. The zero-order valence-corrected chi connectivity index (χ0v) is 15.3. The number of benzene rings is 1. The second kappa shape index (κ2) is 7.21. The van der Waals surface area contributed by atoms with Gasteiger partial charge >= 0.3 is 0 Å². The lowest BCUT2D eigenvalue weighted by molar-refractivity contribution is -0.132. The highest BCUT2D eigenvalue weighted by Crippen LogP contribution is 2.27. The van der Waals surface area contributed by atoms with E-state index < -0.39 is 9.84 Å². The molecule has 3 rings (SSSR count). The molecule has 2 heterocycles. The van der Waals surface area contributed by atoms with E-state index in [1.165, 1.54) is 0 Å². The number of carbonyl (C=O) groups is 1. The van der Waals surface area contributed by atoms with Crippen molar-refractivity contribution in [1.82, 2.24) is 9.80 Å². The van der Waals surface area contributed by atoms with Crippen LogP contribution in [0.5, 0.6) is 5.75 Å². The third-order valence-electron chi connectivity index (χ3n) is 5.10. The van der Waals surface area contributed by atoms with Crippen LogP contribution in [0.15, 0.2) is 24.3 Å². The first kappa shape index (κ1) is 18.0. The molecule has 8 heteroatoms. The summed E-state index contributed by atoms with van der Waals surface area (Å²) < 4.78 is 23.2. The van der Waals surface area contributed by atoms with Crippen molar-refractivity contribution in [2.45, 2.75) is 12.5 Å². The highest BCUT2D eigenvalue weighted by Gasteiger charge is 2.33. The molecule has 1 aromatic carbocycles. The zero-order valence-electron chi connectivity index (χ0n) is 14.5. The van der Waals surface area contributed by atoms with Crippen molar-refractivity contribution in [2.24, 2.45) is 0 Å². The molecule has 1 atom stereocenters. The Morgan fingerprint density at radius 3 is 2.52 bits per heavy atom. The van der Waals surface area contributed by atoms with Crippen LogP contribution in [0.4, 0.5) is 5.69 Å². The van der Waals surface area contributed by atoms with Crippen LogP contribution < -0.4 is 4.90 Å². The number of hydrogen-bond acceptors (Lipinski definition) is 6. The van der Waals surface area contributed by atoms with Crippen LogP contribution in [0.3, 0.4) is 0 Å². The van der Waals surface area contributed by atoms with Crippen LogP contribution >= 0.6 is 0 Å². The molecule has 0 spiro atoms. The Hall–Kier alpha value is -1.80. The van der Waals surface area contributed by atoms with Crippen molar-refractivity contribution in [3.63, 3.8) is 0 Å². The number of likely N-dealkylation sites (N-methyl/N-ethyl adjacent to an activating group) is 1. The Labute approximate surface area is 148 Å². The van der Waals surface area contributed by atoms with E-state index in [4.69, 9.17) is 0 Å². The van der Waals surface area contributed by atoms with Gasteiger partial charge < -0.3 is 14.9 Å². The van der Waals surface area contributed by atoms with Gasteiger partial charge in [-0.1, -0.05) is 12.1 Å². The number of anilines is 1. The van der Waals surface area contributed by atoms with E-state index in [0.717, 1.165) is 31.9 Å². The highest BCUT2D eigenvalue weighted by molar-refractivity contribution is 7.91. The van der Waals surface area contributed by atoms with E-state index in [1.54, 1.807) is 24.1 Å². The maximum atomic E-state index is 12.5. The lowest BCUT2D eigenvalue weighted by Gasteiger charge is -2.37. The van der Waals surface area contributed by atoms with Gasteiger partial charge in [0.25, 0.3) is 0 Å². The average molecular weight is 367 g/mol. The first-order chi connectivity index (χ1) is 11.9. The molecule has 0 aromatic heterocycles. The van der Waals surface area contributed by atoms with Gasteiger partial charge in [0.15, 0.2) is 9.84 Å². The fourth-order valence-electron chi connectivity index (χ4n) is 3.47. The monoisotopic (exact) mass is 367 g/mol. The van der Waals surface area contributed by atoms with E-state index >= 15 is 0 Å². The minimum atomic E-state index is -2.99. The van der Waals surface area contributed by atoms with Gasteiger partial charge in [0.1, 0.15) is 5.75 Å². The minimum Gasteiger partial charge on any atom is -0.506 e. The molecule has 7 nitrogen and oxygen atoms in total. The van der Waals surface area contributed by atoms with Gasteiger partial charge in [0, 0.05) is 39.3 Å². The van der Waals surface area contributed by atoms with Crippen LogP contribution in [0, 0.1) is 0 Å². The summed E-state index contributed by atoms with van der Waals surface area (Å²) in [5.41, 5.74) is 0.821. The van der Waals surface area contributed by atoms with Crippen molar-refractivity contribution in [3.8, 4) is 5.75 Å². The molecule has 2 aliphatic rings. The fraction of sp³-hybridized carbons (Fsp3) is 0.588. The molecule has 1 aromatic rings. The van der Waals surface area contributed by atoms with Gasteiger partial charge in [-0.05, 0) is 18.6 Å². The molecule has 2 saturated heterocycles. The Bertz CT molecular complexity index is 729. The van der Waals surface area contributed by atoms with E-state index in [2.05, 4.69) is 9.80 Å².